The van der Waals surface area contributed by atoms with E-state index in [1.54, 1.807) is 0 Å². The van der Waals surface area contributed by atoms with Crippen LogP contribution in [-0.4, -0.2) is 11.4 Å². The number of hydrazine groups is 1. The summed E-state index contributed by atoms with van der Waals surface area (Å²) in [5, 5.41) is 0. The van der Waals surface area contributed by atoms with Crippen molar-refractivity contribution in [1.82, 2.24) is 5.43 Å². The van der Waals surface area contributed by atoms with E-state index in [4.69, 9.17) is 5.84 Å². The number of aliphatic imine (C=N–C) groups is 1. The summed E-state index contributed by atoms with van der Waals surface area (Å²) in [6.07, 6.45) is 6.47. The normalized spacial score (nSPS) is 21.0. The van der Waals surface area contributed by atoms with E-state index in [-0.39, 0.29) is 5.54 Å². The average Bonchev–Trinajstić information content (AvgIpc) is 2.14. The Morgan fingerprint density at radius 2 is 1.79 bits per heavy atom. The number of amidine groups is 1. The minimum absolute atomic E-state index is 0.0286. The zero-order valence-electron chi connectivity index (χ0n) is 9.64. The zero-order valence-corrected chi connectivity index (χ0v) is 9.64. The Morgan fingerprint density at radius 3 is 2.21 bits per heavy atom. The molecule has 0 aromatic carbocycles. The van der Waals surface area contributed by atoms with Gasteiger partial charge in [0.05, 0.1) is 5.54 Å². The second-order valence-corrected chi connectivity index (χ2v) is 5.15. The van der Waals surface area contributed by atoms with Crippen LogP contribution in [0.25, 0.3) is 0 Å². The Bertz CT molecular complexity index is 197. The molecule has 0 spiro atoms. The monoisotopic (exact) mass is 197 g/mol. The van der Waals surface area contributed by atoms with Crippen molar-refractivity contribution in [3.63, 3.8) is 0 Å². The fourth-order valence-corrected chi connectivity index (χ4v) is 1.98. The van der Waals surface area contributed by atoms with Crippen molar-refractivity contribution in [2.45, 2.75) is 58.4 Å². The Balaban J connectivity index is 2.64. The van der Waals surface area contributed by atoms with Crippen LogP contribution >= 0.6 is 0 Å². The average molecular weight is 197 g/mol. The van der Waals surface area contributed by atoms with Crippen molar-refractivity contribution >= 4 is 5.84 Å². The molecular weight excluding hydrogens is 174 g/mol. The standard InChI is InChI=1S/C11H23N3/c1-11(2,3)13-10(14-12)9-7-5-4-6-8-9/h9H,4-8,12H2,1-3H3,(H,13,14). The molecule has 1 aliphatic carbocycles. The van der Waals surface area contributed by atoms with Crippen molar-refractivity contribution in [2.24, 2.45) is 16.8 Å². The highest BCUT2D eigenvalue weighted by Crippen LogP contribution is 2.25. The van der Waals surface area contributed by atoms with Crippen molar-refractivity contribution in [3.8, 4) is 0 Å². The van der Waals surface area contributed by atoms with Gasteiger partial charge in [-0.1, -0.05) is 19.3 Å². The van der Waals surface area contributed by atoms with Gasteiger partial charge in [0.15, 0.2) is 0 Å². The minimum Gasteiger partial charge on any atom is -0.312 e. The lowest BCUT2D eigenvalue weighted by Crippen LogP contribution is -2.39. The summed E-state index contributed by atoms with van der Waals surface area (Å²) in [6, 6.07) is 0. The van der Waals surface area contributed by atoms with Crippen LogP contribution < -0.4 is 11.3 Å². The summed E-state index contributed by atoms with van der Waals surface area (Å²) < 4.78 is 0. The van der Waals surface area contributed by atoms with Gasteiger partial charge in [0.25, 0.3) is 0 Å². The molecule has 14 heavy (non-hydrogen) atoms. The molecule has 0 unspecified atom stereocenters. The molecule has 1 saturated carbocycles. The smallest absolute Gasteiger partial charge is 0.114 e. The highest BCUT2D eigenvalue weighted by molar-refractivity contribution is 5.84. The van der Waals surface area contributed by atoms with Gasteiger partial charge < -0.3 is 5.43 Å². The molecule has 1 aliphatic rings. The third kappa shape index (κ3) is 3.66. The summed E-state index contributed by atoms with van der Waals surface area (Å²) in [6.45, 7) is 6.31. The van der Waals surface area contributed by atoms with Gasteiger partial charge >= 0.3 is 0 Å². The molecule has 3 N–H and O–H groups in total. The topological polar surface area (TPSA) is 50.4 Å². The molecule has 0 atom stereocenters. The molecule has 3 nitrogen and oxygen atoms in total. The van der Waals surface area contributed by atoms with Gasteiger partial charge in [-0.3, -0.25) is 4.99 Å². The van der Waals surface area contributed by atoms with Gasteiger partial charge in [-0.25, -0.2) is 5.84 Å². The van der Waals surface area contributed by atoms with E-state index in [0.717, 1.165) is 5.84 Å². The molecule has 0 radical (unpaired) electrons. The van der Waals surface area contributed by atoms with Gasteiger partial charge in [-0.05, 0) is 33.6 Å². The molecule has 1 rings (SSSR count). The lowest BCUT2D eigenvalue weighted by Gasteiger charge is -2.25. The van der Waals surface area contributed by atoms with E-state index < -0.39 is 0 Å². The van der Waals surface area contributed by atoms with E-state index in [2.05, 4.69) is 31.2 Å². The summed E-state index contributed by atoms with van der Waals surface area (Å²) in [5.74, 6) is 7.09. The van der Waals surface area contributed by atoms with Gasteiger partial charge in [0.2, 0.25) is 0 Å². The first-order valence-electron chi connectivity index (χ1n) is 5.59. The van der Waals surface area contributed by atoms with Crippen LogP contribution in [0.2, 0.25) is 0 Å². The Morgan fingerprint density at radius 1 is 1.21 bits per heavy atom. The van der Waals surface area contributed by atoms with Crippen LogP contribution in [0.5, 0.6) is 0 Å². The summed E-state index contributed by atoms with van der Waals surface area (Å²) in [4.78, 5) is 4.63. The molecule has 3 heteroatoms. The van der Waals surface area contributed by atoms with Crippen molar-refractivity contribution in [2.75, 3.05) is 0 Å². The predicted octanol–water partition coefficient (Wildman–Crippen LogP) is 2.23. The number of nitrogens with one attached hydrogen (secondary N) is 1. The van der Waals surface area contributed by atoms with Crippen LogP contribution in [-0.2, 0) is 0 Å². The maximum absolute atomic E-state index is 5.53. The molecular formula is C11H23N3. The van der Waals surface area contributed by atoms with E-state index in [9.17, 15) is 0 Å². The Kier molecular flexibility index (Phi) is 3.93. The first kappa shape index (κ1) is 11.5. The van der Waals surface area contributed by atoms with E-state index in [1.807, 2.05) is 0 Å². The molecule has 0 aliphatic heterocycles. The van der Waals surface area contributed by atoms with Crippen molar-refractivity contribution < 1.29 is 0 Å². The third-order valence-electron chi connectivity index (χ3n) is 2.60. The fraction of sp³-hybridized carbons (Fsp3) is 0.909. The molecule has 0 aromatic rings. The highest BCUT2D eigenvalue weighted by atomic mass is 15.3. The SMILES string of the molecule is CC(C)(C)N=C(NN)C1CCCCC1. The van der Waals surface area contributed by atoms with Crippen molar-refractivity contribution in [1.29, 1.82) is 0 Å². The summed E-state index contributed by atoms with van der Waals surface area (Å²) in [5.41, 5.74) is 2.75. The van der Waals surface area contributed by atoms with Gasteiger partial charge in [-0.2, -0.15) is 0 Å². The van der Waals surface area contributed by atoms with Crippen LogP contribution in [0.1, 0.15) is 52.9 Å². The third-order valence-corrected chi connectivity index (χ3v) is 2.60. The lowest BCUT2D eigenvalue weighted by molar-refractivity contribution is 0.426. The number of hydrogen-bond acceptors (Lipinski definition) is 2. The maximum Gasteiger partial charge on any atom is 0.114 e. The van der Waals surface area contributed by atoms with Gasteiger partial charge in [-0.15, -0.1) is 0 Å². The van der Waals surface area contributed by atoms with E-state index in [0.29, 0.717) is 5.92 Å². The molecule has 0 amide bonds. The second kappa shape index (κ2) is 4.78. The molecule has 0 bridgehead atoms. The first-order chi connectivity index (χ1) is 6.53. The fourth-order valence-electron chi connectivity index (χ4n) is 1.98. The lowest BCUT2D eigenvalue weighted by atomic mass is 9.88. The van der Waals surface area contributed by atoms with Gasteiger partial charge in [0, 0.05) is 5.92 Å². The quantitative estimate of drug-likeness (QED) is 0.293. The van der Waals surface area contributed by atoms with Crippen LogP contribution in [0.3, 0.4) is 0 Å². The van der Waals surface area contributed by atoms with Gasteiger partial charge in [0.1, 0.15) is 5.84 Å². The molecule has 0 saturated heterocycles. The largest absolute Gasteiger partial charge is 0.312 e. The predicted molar refractivity (Wildman–Crippen MR) is 61.1 cm³/mol. The van der Waals surface area contributed by atoms with Crippen LogP contribution in [0, 0.1) is 5.92 Å². The Hall–Kier alpha value is -0.570. The number of nitrogens with zero attached hydrogens (tertiary/aromatic N) is 1. The molecule has 82 valence electrons. The maximum atomic E-state index is 5.53. The summed E-state index contributed by atoms with van der Waals surface area (Å²) >= 11 is 0. The summed E-state index contributed by atoms with van der Waals surface area (Å²) in [7, 11) is 0. The van der Waals surface area contributed by atoms with E-state index >= 15 is 0 Å². The number of hydrogen-bond donors (Lipinski definition) is 2. The Labute approximate surface area is 87.1 Å². The number of rotatable bonds is 1. The molecule has 0 aromatic heterocycles. The highest BCUT2D eigenvalue weighted by Gasteiger charge is 2.20. The van der Waals surface area contributed by atoms with Crippen molar-refractivity contribution in [3.05, 3.63) is 0 Å². The molecule has 0 heterocycles. The second-order valence-electron chi connectivity index (χ2n) is 5.15. The van der Waals surface area contributed by atoms with Crippen LogP contribution in [0.15, 0.2) is 4.99 Å². The molecule has 1 fully saturated rings. The first-order valence-corrected chi connectivity index (χ1v) is 5.59. The number of nitrogens with two attached hydrogens (primary N) is 1. The minimum atomic E-state index is -0.0286. The zero-order chi connectivity index (χ0) is 10.6. The van der Waals surface area contributed by atoms with Crippen LogP contribution in [0.4, 0.5) is 0 Å². The van der Waals surface area contributed by atoms with E-state index in [1.165, 1.54) is 32.1 Å².